The van der Waals surface area contributed by atoms with Crippen LogP contribution in [0.1, 0.15) is 6.92 Å². The molecule has 15 heavy (non-hydrogen) atoms. The number of carbonyl (C=O) groups is 2. The monoisotopic (exact) mass is 215 g/mol. The van der Waals surface area contributed by atoms with Crippen molar-refractivity contribution < 1.29 is 19.2 Å². The average Bonchev–Trinajstić information content (AvgIpc) is 2.18. The summed E-state index contributed by atoms with van der Waals surface area (Å²) in [6.45, 7) is 8.59. The number of hydrogen-bond donors (Lipinski definition) is 0. The first kappa shape index (κ1) is 15.8. The van der Waals surface area contributed by atoms with Crippen molar-refractivity contribution in [3.8, 4) is 0 Å². The molecule has 0 aromatic rings. The minimum atomic E-state index is -0.435. The van der Waals surface area contributed by atoms with E-state index in [2.05, 4.69) is 22.7 Å². The Morgan fingerprint density at radius 3 is 1.80 bits per heavy atom. The van der Waals surface area contributed by atoms with Crippen molar-refractivity contribution in [2.75, 3.05) is 20.7 Å². The van der Waals surface area contributed by atoms with E-state index < -0.39 is 5.97 Å². The first-order chi connectivity index (χ1) is 6.97. The average molecular weight is 215 g/mol. The lowest BCUT2D eigenvalue weighted by molar-refractivity contribution is -0.171. The van der Waals surface area contributed by atoms with E-state index in [1.165, 1.54) is 5.06 Å². The van der Waals surface area contributed by atoms with Crippen LogP contribution in [0, 0.1) is 0 Å². The van der Waals surface area contributed by atoms with E-state index in [4.69, 9.17) is 0 Å². The molecule has 0 N–H and O–H groups in total. The highest BCUT2D eigenvalue weighted by Crippen LogP contribution is 1.79. The highest BCUT2D eigenvalue weighted by molar-refractivity contribution is 5.81. The second-order valence-electron chi connectivity index (χ2n) is 2.38. The van der Waals surface area contributed by atoms with Crippen LogP contribution >= 0.6 is 0 Å². The summed E-state index contributed by atoms with van der Waals surface area (Å²) >= 11 is 0. The third-order valence-electron chi connectivity index (χ3n) is 0.892. The summed E-state index contributed by atoms with van der Waals surface area (Å²) in [6.07, 6.45) is 2.25. The molecule has 0 bridgehead atoms. The SMILES string of the molecule is C=CC(=O)OCC.C=CC(=O)ON(C)C. The minimum absolute atomic E-state index is 0.359. The van der Waals surface area contributed by atoms with E-state index in [1.54, 1.807) is 21.0 Å². The molecule has 86 valence electrons. The van der Waals surface area contributed by atoms with Crippen LogP contribution in [0.4, 0.5) is 0 Å². The van der Waals surface area contributed by atoms with Gasteiger partial charge in [0.15, 0.2) is 0 Å². The van der Waals surface area contributed by atoms with Gasteiger partial charge in [0.2, 0.25) is 0 Å². The number of rotatable bonds is 4. The zero-order chi connectivity index (χ0) is 12.3. The first-order valence-electron chi connectivity index (χ1n) is 4.28. The van der Waals surface area contributed by atoms with Crippen molar-refractivity contribution >= 4 is 11.9 Å². The van der Waals surface area contributed by atoms with Gasteiger partial charge in [-0.25, -0.2) is 9.59 Å². The molecule has 5 nitrogen and oxygen atoms in total. The van der Waals surface area contributed by atoms with E-state index in [1.807, 2.05) is 0 Å². The molecule has 0 unspecified atom stereocenters. The van der Waals surface area contributed by atoms with Gasteiger partial charge in [-0.2, -0.15) is 0 Å². The van der Waals surface area contributed by atoms with E-state index in [-0.39, 0.29) is 5.97 Å². The fourth-order valence-corrected chi connectivity index (χ4v) is 0.418. The molecular formula is C10H17NO4. The molecule has 0 fully saturated rings. The number of carbonyl (C=O) groups excluding carboxylic acids is 2. The quantitative estimate of drug-likeness (QED) is 0.396. The number of hydrogen-bond acceptors (Lipinski definition) is 5. The zero-order valence-electron chi connectivity index (χ0n) is 9.36. The number of esters is 1. The third-order valence-corrected chi connectivity index (χ3v) is 0.892. The Kier molecular flexibility index (Phi) is 11.0. The van der Waals surface area contributed by atoms with Crippen LogP contribution in [0.25, 0.3) is 0 Å². The Hall–Kier alpha value is -1.62. The van der Waals surface area contributed by atoms with Crippen molar-refractivity contribution in [1.82, 2.24) is 5.06 Å². The van der Waals surface area contributed by atoms with Gasteiger partial charge in [0, 0.05) is 26.2 Å². The van der Waals surface area contributed by atoms with Gasteiger partial charge in [0.25, 0.3) is 0 Å². The van der Waals surface area contributed by atoms with Crippen LogP contribution in [0.2, 0.25) is 0 Å². The fraction of sp³-hybridized carbons (Fsp3) is 0.400. The summed E-state index contributed by atoms with van der Waals surface area (Å²) in [7, 11) is 3.25. The Bertz CT molecular complexity index is 223. The Labute approximate surface area is 89.9 Å². The van der Waals surface area contributed by atoms with Gasteiger partial charge in [-0.15, -0.1) is 5.06 Å². The Morgan fingerprint density at radius 1 is 1.20 bits per heavy atom. The molecule has 0 saturated heterocycles. The summed E-state index contributed by atoms with van der Waals surface area (Å²) in [5, 5.41) is 1.31. The topological polar surface area (TPSA) is 55.8 Å². The molecule has 0 atom stereocenters. The molecule has 0 saturated carbocycles. The maximum Gasteiger partial charge on any atom is 0.349 e. The van der Waals surface area contributed by atoms with Gasteiger partial charge >= 0.3 is 11.9 Å². The normalized spacial score (nSPS) is 8.27. The number of hydroxylamine groups is 2. The lowest BCUT2D eigenvalue weighted by Crippen LogP contribution is -2.16. The van der Waals surface area contributed by atoms with E-state index in [9.17, 15) is 9.59 Å². The molecule has 0 aliphatic rings. The summed E-state index contributed by atoms with van der Waals surface area (Å²) in [4.78, 5) is 24.8. The van der Waals surface area contributed by atoms with Crippen LogP contribution in [0.15, 0.2) is 25.3 Å². The predicted octanol–water partition coefficient (Wildman–Crippen LogP) is 0.928. The van der Waals surface area contributed by atoms with Gasteiger partial charge in [0.1, 0.15) is 0 Å². The lowest BCUT2D eigenvalue weighted by atomic mass is 10.6. The van der Waals surface area contributed by atoms with Gasteiger partial charge < -0.3 is 9.57 Å². The summed E-state index contributed by atoms with van der Waals surface area (Å²) < 4.78 is 4.43. The molecule has 0 rings (SSSR count). The Balaban J connectivity index is 0. The van der Waals surface area contributed by atoms with Gasteiger partial charge in [0.05, 0.1) is 6.61 Å². The number of nitrogens with zero attached hydrogens (tertiary/aromatic N) is 1. The summed E-state index contributed by atoms with van der Waals surface area (Å²) in [6, 6.07) is 0. The maximum atomic E-state index is 10.2. The van der Waals surface area contributed by atoms with Crippen molar-refractivity contribution in [1.29, 1.82) is 0 Å². The molecule has 0 heterocycles. The highest BCUT2D eigenvalue weighted by atomic mass is 16.7. The van der Waals surface area contributed by atoms with Crippen molar-refractivity contribution in [2.45, 2.75) is 6.92 Å². The van der Waals surface area contributed by atoms with Gasteiger partial charge in [-0.3, -0.25) is 0 Å². The van der Waals surface area contributed by atoms with E-state index in [0.29, 0.717) is 6.61 Å². The standard InChI is InChI=1S/C5H9NO2.C5H8O2/c1-4-5(7)8-6(2)3;1-3-5(6)7-4-2/h4H,1H2,2-3H3;3H,1,4H2,2H3. The van der Waals surface area contributed by atoms with Gasteiger partial charge in [-0.05, 0) is 6.92 Å². The predicted molar refractivity (Wildman–Crippen MR) is 56.8 cm³/mol. The summed E-state index contributed by atoms with van der Waals surface area (Å²) in [5.41, 5.74) is 0. The summed E-state index contributed by atoms with van der Waals surface area (Å²) in [5.74, 6) is -0.794. The molecule has 0 amide bonds. The molecule has 0 aliphatic carbocycles. The molecule has 0 radical (unpaired) electrons. The minimum Gasteiger partial charge on any atom is -0.463 e. The van der Waals surface area contributed by atoms with E-state index in [0.717, 1.165) is 12.2 Å². The van der Waals surface area contributed by atoms with Crippen LogP contribution in [-0.2, 0) is 19.2 Å². The molecular weight excluding hydrogens is 198 g/mol. The van der Waals surface area contributed by atoms with Crippen LogP contribution < -0.4 is 0 Å². The maximum absolute atomic E-state index is 10.2. The largest absolute Gasteiger partial charge is 0.463 e. The second-order valence-corrected chi connectivity index (χ2v) is 2.38. The van der Waals surface area contributed by atoms with Crippen LogP contribution in [0.5, 0.6) is 0 Å². The molecule has 0 spiro atoms. The fourth-order valence-electron chi connectivity index (χ4n) is 0.418. The molecule has 0 aromatic carbocycles. The van der Waals surface area contributed by atoms with E-state index >= 15 is 0 Å². The second kappa shape index (κ2) is 10.5. The van der Waals surface area contributed by atoms with Gasteiger partial charge in [-0.1, -0.05) is 13.2 Å². The van der Waals surface area contributed by atoms with Crippen molar-refractivity contribution in [3.63, 3.8) is 0 Å². The van der Waals surface area contributed by atoms with Crippen molar-refractivity contribution in [3.05, 3.63) is 25.3 Å². The highest BCUT2D eigenvalue weighted by Gasteiger charge is 1.94. The molecule has 5 heteroatoms. The first-order valence-corrected chi connectivity index (χ1v) is 4.28. The molecule has 0 aliphatic heterocycles. The molecule has 0 aromatic heterocycles. The van der Waals surface area contributed by atoms with Crippen LogP contribution in [0.3, 0.4) is 0 Å². The zero-order valence-corrected chi connectivity index (χ0v) is 9.36. The Morgan fingerprint density at radius 2 is 1.67 bits per heavy atom. The van der Waals surface area contributed by atoms with Crippen molar-refractivity contribution in [2.24, 2.45) is 0 Å². The van der Waals surface area contributed by atoms with Crippen LogP contribution in [-0.4, -0.2) is 37.7 Å². The lowest BCUT2D eigenvalue weighted by Gasteiger charge is -2.05. The number of ether oxygens (including phenoxy) is 1. The third kappa shape index (κ3) is 15.2. The smallest absolute Gasteiger partial charge is 0.349 e.